The van der Waals surface area contributed by atoms with Gasteiger partial charge in [-0.25, -0.2) is 13.2 Å². The maximum Gasteiger partial charge on any atom is 0.318 e. The molecule has 0 bridgehead atoms. The molecule has 1 N–H and O–H groups in total. The molecule has 2 saturated heterocycles. The van der Waals surface area contributed by atoms with Crippen LogP contribution in [0, 0.1) is 17.6 Å². The molecule has 2 aliphatic rings. The number of rotatable bonds is 3. The zero-order chi connectivity index (χ0) is 21.0. The second kappa shape index (κ2) is 9.61. The summed E-state index contributed by atoms with van der Waals surface area (Å²) in [6.07, 6.45) is 3.38. The van der Waals surface area contributed by atoms with E-state index >= 15 is 0 Å². The van der Waals surface area contributed by atoms with Gasteiger partial charge in [0.1, 0.15) is 23.3 Å². The van der Waals surface area contributed by atoms with Gasteiger partial charge >= 0.3 is 6.01 Å². The normalized spacial score (nSPS) is 24.3. The van der Waals surface area contributed by atoms with E-state index in [1.165, 1.54) is 13.2 Å². The number of ether oxygens (including phenoxy) is 1. The molecule has 0 saturated carbocycles. The lowest BCUT2D eigenvalue weighted by Crippen LogP contribution is -2.35. The molecule has 3 heterocycles. The molecule has 1 aromatic carbocycles. The van der Waals surface area contributed by atoms with Crippen molar-refractivity contribution in [1.82, 2.24) is 15.3 Å². The standard InChI is InChI=1S/C15H17F2N3O.C6H12FN/c1-9-4-3-5-20(8-9)14-11-6-10(16)7-12(17)13(11)18-15(19-14)21-2;1-2-6-3-5(7)4-8-6/h6-7,9H,3-5,8H2,1-2H3;5-6,8H,2-4H2,1H3. The van der Waals surface area contributed by atoms with E-state index in [0.717, 1.165) is 44.8 Å². The van der Waals surface area contributed by atoms with Gasteiger partial charge in [-0.15, -0.1) is 0 Å². The molecular weight excluding hydrogens is 381 g/mol. The minimum Gasteiger partial charge on any atom is -0.467 e. The van der Waals surface area contributed by atoms with Crippen molar-refractivity contribution in [3.63, 3.8) is 0 Å². The van der Waals surface area contributed by atoms with E-state index in [1.54, 1.807) is 0 Å². The summed E-state index contributed by atoms with van der Waals surface area (Å²) in [4.78, 5) is 10.4. The first-order chi connectivity index (χ1) is 13.9. The largest absolute Gasteiger partial charge is 0.467 e. The molecule has 0 amide bonds. The lowest BCUT2D eigenvalue weighted by atomic mass is 10.00. The van der Waals surface area contributed by atoms with Crippen LogP contribution in [0.3, 0.4) is 0 Å². The quantitative estimate of drug-likeness (QED) is 0.820. The topological polar surface area (TPSA) is 50.3 Å². The Labute approximate surface area is 169 Å². The molecule has 0 aliphatic carbocycles. The summed E-state index contributed by atoms with van der Waals surface area (Å²) in [6, 6.07) is 2.66. The molecule has 160 valence electrons. The first-order valence-corrected chi connectivity index (χ1v) is 10.2. The number of nitrogens with zero attached hydrogens (tertiary/aromatic N) is 3. The molecular formula is C21H29F3N4O. The van der Waals surface area contributed by atoms with Crippen LogP contribution >= 0.6 is 0 Å². The summed E-state index contributed by atoms with van der Waals surface area (Å²) < 4.78 is 44.9. The van der Waals surface area contributed by atoms with Gasteiger partial charge in [-0.2, -0.15) is 9.97 Å². The fraction of sp³-hybridized carbons (Fsp3) is 0.619. The molecule has 2 aliphatic heterocycles. The third kappa shape index (κ3) is 5.29. The molecule has 4 rings (SSSR count). The van der Waals surface area contributed by atoms with Gasteiger partial charge in [0.15, 0.2) is 5.82 Å². The zero-order valence-electron chi connectivity index (χ0n) is 17.2. The van der Waals surface area contributed by atoms with Crippen LogP contribution in [0.4, 0.5) is 19.0 Å². The van der Waals surface area contributed by atoms with Crippen molar-refractivity contribution >= 4 is 16.7 Å². The van der Waals surface area contributed by atoms with Crippen molar-refractivity contribution in [2.75, 3.05) is 31.6 Å². The van der Waals surface area contributed by atoms with Gasteiger partial charge in [0.05, 0.1) is 7.11 Å². The van der Waals surface area contributed by atoms with Crippen LogP contribution in [0.2, 0.25) is 0 Å². The molecule has 2 fully saturated rings. The van der Waals surface area contributed by atoms with Gasteiger partial charge in [-0.3, -0.25) is 0 Å². The second-order valence-corrected chi connectivity index (χ2v) is 7.86. The van der Waals surface area contributed by atoms with E-state index in [9.17, 15) is 13.2 Å². The van der Waals surface area contributed by atoms with Crippen LogP contribution < -0.4 is 15.0 Å². The summed E-state index contributed by atoms with van der Waals surface area (Å²) in [6.45, 7) is 6.44. The van der Waals surface area contributed by atoms with Gasteiger partial charge < -0.3 is 15.0 Å². The van der Waals surface area contributed by atoms with Gasteiger partial charge in [0.25, 0.3) is 0 Å². The number of fused-ring (bicyclic) bond motifs is 1. The highest BCUT2D eigenvalue weighted by Gasteiger charge is 2.23. The number of halogens is 3. The number of piperidine rings is 1. The molecule has 3 atom stereocenters. The number of alkyl halides is 1. The first kappa shape index (κ1) is 21.6. The number of hydrogen-bond acceptors (Lipinski definition) is 5. The van der Waals surface area contributed by atoms with E-state index in [-0.39, 0.29) is 11.5 Å². The lowest BCUT2D eigenvalue weighted by Gasteiger charge is -2.32. The smallest absolute Gasteiger partial charge is 0.318 e. The van der Waals surface area contributed by atoms with E-state index in [0.29, 0.717) is 29.7 Å². The van der Waals surface area contributed by atoms with E-state index in [2.05, 4.69) is 34.0 Å². The Bertz CT molecular complexity index is 835. The van der Waals surface area contributed by atoms with Crippen molar-refractivity contribution in [2.45, 2.75) is 51.7 Å². The zero-order valence-corrected chi connectivity index (χ0v) is 17.2. The van der Waals surface area contributed by atoms with Crippen LogP contribution in [0.15, 0.2) is 12.1 Å². The molecule has 3 unspecified atom stereocenters. The minimum atomic E-state index is -0.697. The predicted molar refractivity (Wildman–Crippen MR) is 108 cm³/mol. The number of nitrogens with one attached hydrogen (secondary N) is 1. The third-order valence-corrected chi connectivity index (χ3v) is 5.48. The molecule has 1 aromatic heterocycles. The third-order valence-electron chi connectivity index (χ3n) is 5.48. The van der Waals surface area contributed by atoms with Gasteiger partial charge in [0.2, 0.25) is 0 Å². The number of benzene rings is 1. The Morgan fingerprint density at radius 1 is 1.28 bits per heavy atom. The lowest BCUT2D eigenvalue weighted by molar-refractivity contribution is 0.354. The average Bonchev–Trinajstić information content (AvgIpc) is 3.13. The van der Waals surface area contributed by atoms with Crippen LogP contribution in [-0.2, 0) is 0 Å². The highest BCUT2D eigenvalue weighted by Crippen LogP contribution is 2.31. The van der Waals surface area contributed by atoms with E-state index in [1.807, 2.05) is 0 Å². The Hall–Kier alpha value is -2.09. The maximum absolute atomic E-state index is 14.0. The van der Waals surface area contributed by atoms with Gasteiger partial charge in [-0.1, -0.05) is 13.8 Å². The van der Waals surface area contributed by atoms with Crippen LogP contribution in [0.5, 0.6) is 6.01 Å². The van der Waals surface area contributed by atoms with Crippen molar-refractivity contribution in [3.8, 4) is 6.01 Å². The van der Waals surface area contributed by atoms with Crippen LogP contribution in [0.1, 0.15) is 39.5 Å². The van der Waals surface area contributed by atoms with Crippen molar-refractivity contribution in [1.29, 1.82) is 0 Å². The summed E-state index contributed by atoms with van der Waals surface area (Å²) in [7, 11) is 1.44. The molecule has 2 aromatic rings. The summed E-state index contributed by atoms with van der Waals surface area (Å²) in [5, 5.41) is 3.47. The minimum absolute atomic E-state index is 0.0940. The summed E-state index contributed by atoms with van der Waals surface area (Å²) in [5.41, 5.74) is 0.0940. The van der Waals surface area contributed by atoms with Crippen molar-refractivity contribution < 1.29 is 17.9 Å². The Balaban J connectivity index is 0.000000252. The Kier molecular flexibility index (Phi) is 7.16. The van der Waals surface area contributed by atoms with Crippen molar-refractivity contribution in [3.05, 3.63) is 23.8 Å². The number of hydrogen-bond donors (Lipinski definition) is 1. The SMILES string of the molecule is CCC1CC(F)CN1.COc1nc(N2CCCC(C)C2)c2cc(F)cc(F)c2n1. The van der Waals surface area contributed by atoms with Gasteiger partial charge in [-0.05, 0) is 37.7 Å². The predicted octanol–water partition coefficient (Wildman–Crippen LogP) is 4.25. The Morgan fingerprint density at radius 2 is 2.07 bits per heavy atom. The van der Waals surface area contributed by atoms with E-state index < -0.39 is 17.8 Å². The second-order valence-electron chi connectivity index (χ2n) is 7.86. The molecule has 5 nitrogen and oxygen atoms in total. The molecule has 29 heavy (non-hydrogen) atoms. The van der Waals surface area contributed by atoms with Crippen LogP contribution in [-0.4, -0.2) is 48.9 Å². The molecule has 0 radical (unpaired) electrons. The van der Waals surface area contributed by atoms with E-state index in [4.69, 9.17) is 4.74 Å². The maximum atomic E-state index is 14.0. The number of anilines is 1. The number of methoxy groups -OCH3 is 1. The molecule has 0 spiro atoms. The first-order valence-electron chi connectivity index (χ1n) is 10.2. The Morgan fingerprint density at radius 3 is 2.66 bits per heavy atom. The summed E-state index contributed by atoms with van der Waals surface area (Å²) >= 11 is 0. The monoisotopic (exact) mass is 410 g/mol. The fourth-order valence-electron chi connectivity index (χ4n) is 3.92. The fourth-order valence-corrected chi connectivity index (χ4v) is 3.92. The summed E-state index contributed by atoms with van der Waals surface area (Å²) in [5.74, 6) is -0.257. The molecule has 8 heteroatoms. The number of aromatic nitrogens is 2. The van der Waals surface area contributed by atoms with Crippen LogP contribution in [0.25, 0.3) is 10.9 Å². The van der Waals surface area contributed by atoms with Crippen molar-refractivity contribution in [2.24, 2.45) is 5.92 Å². The van der Waals surface area contributed by atoms with Gasteiger partial charge in [0, 0.05) is 37.1 Å². The average molecular weight is 410 g/mol. The highest BCUT2D eigenvalue weighted by atomic mass is 19.1. The highest BCUT2D eigenvalue weighted by molar-refractivity contribution is 5.90.